The highest BCUT2D eigenvalue weighted by atomic mass is 32.2. The first-order valence-corrected chi connectivity index (χ1v) is 6.19. The van der Waals surface area contributed by atoms with Gasteiger partial charge in [0.15, 0.2) is 0 Å². The zero-order chi connectivity index (χ0) is 10.1. The monoisotopic (exact) mass is 227 g/mol. The first-order chi connectivity index (χ1) is 6.75. The molecule has 2 heterocycles. The van der Waals surface area contributed by atoms with Gasteiger partial charge >= 0.3 is 0 Å². The van der Waals surface area contributed by atoms with Crippen LogP contribution in [-0.2, 0) is 9.59 Å². The van der Waals surface area contributed by atoms with E-state index in [1.807, 2.05) is 0 Å². The summed E-state index contributed by atoms with van der Waals surface area (Å²) in [6.07, 6.45) is 1.57. The molecule has 0 N–H and O–H groups in total. The molecule has 2 aliphatic heterocycles. The fraction of sp³-hybridized carbons (Fsp3) is 0.333. The van der Waals surface area contributed by atoms with Crippen LogP contribution in [0.3, 0.4) is 0 Å². The van der Waals surface area contributed by atoms with Gasteiger partial charge in [0.25, 0.3) is 11.8 Å². The van der Waals surface area contributed by atoms with Gasteiger partial charge in [-0.2, -0.15) is 0 Å². The third-order valence-electron chi connectivity index (χ3n) is 1.97. The predicted octanol–water partition coefficient (Wildman–Crippen LogP) is 1.23. The number of imide groups is 1. The van der Waals surface area contributed by atoms with Crippen LogP contribution in [0.15, 0.2) is 22.5 Å². The van der Waals surface area contributed by atoms with Gasteiger partial charge in [-0.1, -0.05) is 6.08 Å². The van der Waals surface area contributed by atoms with E-state index in [9.17, 15) is 9.59 Å². The molecule has 0 fully saturated rings. The fourth-order valence-electron chi connectivity index (χ4n) is 1.37. The molecule has 0 saturated carbocycles. The number of hydrogen-bond acceptors (Lipinski definition) is 4. The van der Waals surface area contributed by atoms with Crippen LogP contribution in [0.5, 0.6) is 0 Å². The molecule has 0 spiro atoms. The van der Waals surface area contributed by atoms with Gasteiger partial charge in [-0.3, -0.25) is 14.5 Å². The summed E-state index contributed by atoms with van der Waals surface area (Å²) in [6, 6.07) is 0. The number of amides is 2. The predicted molar refractivity (Wildman–Crippen MR) is 58.9 cm³/mol. The largest absolute Gasteiger partial charge is 0.270 e. The number of thioether (sulfide) groups is 2. The fourth-order valence-corrected chi connectivity index (χ4v) is 3.70. The molecule has 0 aliphatic carbocycles. The summed E-state index contributed by atoms with van der Waals surface area (Å²) in [6.45, 7) is 3.84. The zero-order valence-corrected chi connectivity index (χ0v) is 9.12. The van der Waals surface area contributed by atoms with E-state index in [0.29, 0.717) is 16.4 Å². The lowest BCUT2D eigenvalue weighted by molar-refractivity contribution is -0.136. The number of nitrogens with zero attached hydrogens (tertiary/aromatic N) is 1. The average Bonchev–Trinajstić information content (AvgIpc) is 2.45. The molecule has 74 valence electrons. The maximum Gasteiger partial charge on any atom is 0.268 e. The highest BCUT2D eigenvalue weighted by molar-refractivity contribution is 8.11. The zero-order valence-electron chi connectivity index (χ0n) is 7.49. The van der Waals surface area contributed by atoms with Gasteiger partial charge in [0.1, 0.15) is 0 Å². The van der Waals surface area contributed by atoms with Gasteiger partial charge in [-0.15, -0.1) is 30.1 Å². The van der Waals surface area contributed by atoms with Crippen molar-refractivity contribution in [2.24, 2.45) is 0 Å². The van der Waals surface area contributed by atoms with Crippen molar-refractivity contribution in [3.05, 3.63) is 22.5 Å². The SMILES string of the molecule is C=CCN1C(=O)C2=C(SCCS2)C1=O. The number of carbonyl (C=O) groups is 2. The highest BCUT2D eigenvalue weighted by Gasteiger charge is 2.39. The summed E-state index contributed by atoms with van der Waals surface area (Å²) in [5.74, 6) is 1.51. The molecule has 2 amide bonds. The van der Waals surface area contributed by atoms with Gasteiger partial charge in [0.05, 0.1) is 9.81 Å². The van der Waals surface area contributed by atoms with Crippen LogP contribution in [0.4, 0.5) is 0 Å². The smallest absolute Gasteiger partial charge is 0.268 e. The minimum Gasteiger partial charge on any atom is -0.270 e. The highest BCUT2D eigenvalue weighted by Crippen LogP contribution is 2.40. The molecule has 0 bridgehead atoms. The van der Waals surface area contributed by atoms with E-state index in [1.54, 1.807) is 6.08 Å². The number of carbonyl (C=O) groups excluding carboxylic acids is 2. The molecule has 0 atom stereocenters. The maximum atomic E-state index is 11.7. The van der Waals surface area contributed by atoms with Crippen LogP contribution in [0.25, 0.3) is 0 Å². The lowest BCUT2D eigenvalue weighted by Crippen LogP contribution is -2.31. The lowest BCUT2D eigenvalue weighted by Gasteiger charge is -2.10. The second-order valence-electron chi connectivity index (χ2n) is 2.86. The van der Waals surface area contributed by atoms with Crippen molar-refractivity contribution in [3.63, 3.8) is 0 Å². The van der Waals surface area contributed by atoms with Gasteiger partial charge in [-0.25, -0.2) is 0 Å². The quantitative estimate of drug-likeness (QED) is 0.525. The van der Waals surface area contributed by atoms with Crippen molar-refractivity contribution < 1.29 is 9.59 Å². The number of hydrogen-bond donors (Lipinski definition) is 0. The van der Waals surface area contributed by atoms with Crippen LogP contribution in [0.1, 0.15) is 0 Å². The van der Waals surface area contributed by atoms with Crippen molar-refractivity contribution in [2.75, 3.05) is 18.1 Å². The van der Waals surface area contributed by atoms with E-state index in [0.717, 1.165) is 11.5 Å². The Hall–Kier alpha value is -0.680. The molecule has 14 heavy (non-hydrogen) atoms. The van der Waals surface area contributed by atoms with Gasteiger partial charge in [0, 0.05) is 18.1 Å². The second kappa shape index (κ2) is 3.82. The topological polar surface area (TPSA) is 37.4 Å². The normalized spacial score (nSPS) is 21.6. The Balaban J connectivity index is 2.29. The van der Waals surface area contributed by atoms with E-state index in [1.165, 1.54) is 28.4 Å². The molecule has 0 aromatic rings. The van der Waals surface area contributed by atoms with Crippen molar-refractivity contribution >= 4 is 35.3 Å². The minimum atomic E-state index is -0.151. The molecule has 2 aliphatic rings. The van der Waals surface area contributed by atoms with Crippen LogP contribution < -0.4 is 0 Å². The number of rotatable bonds is 2. The Morgan fingerprint density at radius 2 is 1.71 bits per heavy atom. The van der Waals surface area contributed by atoms with Crippen molar-refractivity contribution in [2.45, 2.75) is 0 Å². The maximum absolute atomic E-state index is 11.7. The van der Waals surface area contributed by atoms with Crippen LogP contribution in [-0.4, -0.2) is 34.8 Å². The molecule has 0 saturated heterocycles. The van der Waals surface area contributed by atoms with Crippen molar-refractivity contribution in [1.29, 1.82) is 0 Å². The summed E-state index contributed by atoms with van der Waals surface area (Å²) < 4.78 is 0. The minimum absolute atomic E-state index is 0.151. The van der Waals surface area contributed by atoms with E-state index in [4.69, 9.17) is 0 Å². The summed E-state index contributed by atoms with van der Waals surface area (Å²) >= 11 is 2.98. The summed E-state index contributed by atoms with van der Waals surface area (Å²) in [4.78, 5) is 25.9. The summed E-state index contributed by atoms with van der Waals surface area (Å²) in [5, 5.41) is 0. The average molecular weight is 227 g/mol. The first-order valence-electron chi connectivity index (χ1n) is 4.22. The molecule has 0 radical (unpaired) electrons. The third kappa shape index (κ3) is 1.40. The van der Waals surface area contributed by atoms with Crippen LogP contribution in [0.2, 0.25) is 0 Å². The molecule has 3 nitrogen and oxygen atoms in total. The first kappa shape index (κ1) is 9.86. The molecule has 2 rings (SSSR count). The molecular weight excluding hydrogens is 218 g/mol. The van der Waals surface area contributed by atoms with Crippen molar-refractivity contribution in [1.82, 2.24) is 4.90 Å². The van der Waals surface area contributed by atoms with E-state index in [2.05, 4.69) is 6.58 Å². The standard InChI is InChI=1S/C9H9NO2S2/c1-2-3-10-8(11)6-7(9(10)12)14-5-4-13-6/h2H,1,3-5H2. The van der Waals surface area contributed by atoms with E-state index in [-0.39, 0.29) is 11.8 Å². The Bertz CT molecular complexity index is 321. The van der Waals surface area contributed by atoms with Gasteiger partial charge in [0.2, 0.25) is 0 Å². The van der Waals surface area contributed by atoms with E-state index < -0.39 is 0 Å². The summed E-state index contributed by atoms with van der Waals surface area (Å²) in [7, 11) is 0. The van der Waals surface area contributed by atoms with Crippen LogP contribution in [0, 0.1) is 0 Å². The molecule has 0 aromatic heterocycles. The Kier molecular flexibility index (Phi) is 2.69. The Morgan fingerprint density at radius 1 is 1.21 bits per heavy atom. The van der Waals surface area contributed by atoms with Crippen molar-refractivity contribution in [3.8, 4) is 0 Å². The lowest BCUT2D eigenvalue weighted by atomic mass is 10.5. The molecule has 0 unspecified atom stereocenters. The van der Waals surface area contributed by atoms with E-state index >= 15 is 0 Å². The summed E-state index contributed by atoms with van der Waals surface area (Å²) in [5.41, 5.74) is 0. The Morgan fingerprint density at radius 3 is 2.14 bits per heavy atom. The second-order valence-corrected chi connectivity index (χ2v) is 5.08. The Labute approximate surface area is 90.6 Å². The molecule has 5 heteroatoms. The van der Waals surface area contributed by atoms with Gasteiger partial charge < -0.3 is 0 Å². The van der Waals surface area contributed by atoms with Gasteiger partial charge in [-0.05, 0) is 0 Å². The molecule has 0 aromatic carbocycles. The van der Waals surface area contributed by atoms with Crippen LogP contribution >= 0.6 is 23.5 Å². The third-order valence-corrected chi connectivity index (χ3v) is 4.51. The molecular formula is C9H9NO2S2.